The van der Waals surface area contributed by atoms with Crippen LogP contribution in [0.25, 0.3) is 0 Å². The van der Waals surface area contributed by atoms with E-state index in [0.717, 1.165) is 44.1 Å². The molecule has 0 radical (unpaired) electrons. The average Bonchev–Trinajstić information content (AvgIpc) is 3.01. The van der Waals surface area contributed by atoms with Gasteiger partial charge in [-0.15, -0.1) is 0 Å². The van der Waals surface area contributed by atoms with Crippen molar-refractivity contribution in [2.75, 3.05) is 26.7 Å². The van der Waals surface area contributed by atoms with Crippen molar-refractivity contribution < 1.29 is 9.47 Å². The second-order valence-corrected chi connectivity index (χ2v) is 6.88. The number of hydrogen-bond acceptors (Lipinski definition) is 5. The van der Waals surface area contributed by atoms with E-state index in [2.05, 4.69) is 46.4 Å². The Morgan fingerprint density at radius 1 is 1.32 bits per heavy atom. The van der Waals surface area contributed by atoms with Gasteiger partial charge in [0.05, 0.1) is 7.11 Å². The Morgan fingerprint density at radius 3 is 2.96 bits per heavy atom. The van der Waals surface area contributed by atoms with Crippen LogP contribution in [0.15, 0.2) is 36.7 Å². The molecular weight excluding hydrogens is 314 g/mol. The third-order valence-electron chi connectivity index (χ3n) is 5.12. The van der Waals surface area contributed by atoms with Gasteiger partial charge in [-0.05, 0) is 36.8 Å². The van der Waals surface area contributed by atoms with Gasteiger partial charge in [0.1, 0.15) is 17.6 Å². The molecule has 2 aliphatic heterocycles. The van der Waals surface area contributed by atoms with Crippen LogP contribution in [-0.2, 0) is 13.0 Å². The van der Waals surface area contributed by atoms with Gasteiger partial charge in [0.2, 0.25) is 0 Å². The Bertz CT molecular complexity index is 735. The van der Waals surface area contributed by atoms with Crippen LogP contribution < -0.4 is 14.8 Å². The molecule has 2 unspecified atom stereocenters. The molecule has 1 fully saturated rings. The maximum absolute atomic E-state index is 5.95. The van der Waals surface area contributed by atoms with Crippen molar-refractivity contribution >= 4 is 0 Å². The highest BCUT2D eigenvalue weighted by atomic mass is 16.5. The summed E-state index contributed by atoms with van der Waals surface area (Å²) in [6.07, 6.45) is 4.94. The number of aromatic nitrogens is 1. The third kappa shape index (κ3) is 3.34. The Morgan fingerprint density at radius 2 is 2.16 bits per heavy atom. The molecule has 0 spiro atoms. The van der Waals surface area contributed by atoms with Crippen molar-refractivity contribution in [2.45, 2.75) is 32.0 Å². The fraction of sp³-hybridized carbons (Fsp3) is 0.450. The van der Waals surface area contributed by atoms with Crippen molar-refractivity contribution in [1.82, 2.24) is 15.2 Å². The van der Waals surface area contributed by atoms with Crippen molar-refractivity contribution in [2.24, 2.45) is 0 Å². The van der Waals surface area contributed by atoms with Crippen LogP contribution in [0.2, 0.25) is 0 Å². The number of hydrogen-bond donors (Lipinski definition) is 1. The summed E-state index contributed by atoms with van der Waals surface area (Å²) in [4.78, 5) is 6.66. The summed E-state index contributed by atoms with van der Waals surface area (Å²) in [6.45, 7) is 5.92. The topological polar surface area (TPSA) is 46.6 Å². The maximum Gasteiger partial charge on any atom is 0.123 e. The lowest BCUT2D eigenvalue weighted by molar-refractivity contribution is 0.152. The SMILES string of the molecule is COc1cc2c(cc1CN1CCNCC1c1ccncc1)OC(C)C2. The molecule has 2 aromatic rings. The van der Waals surface area contributed by atoms with Crippen molar-refractivity contribution in [3.63, 3.8) is 0 Å². The van der Waals surface area contributed by atoms with E-state index < -0.39 is 0 Å². The third-order valence-corrected chi connectivity index (χ3v) is 5.12. The molecule has 5 heteroatoms. The minimum Gasteiger partial charge on any atom is -0.496 e. The van der Waals surface area contributed by atoms with Gasteiger partial charge in [0.25, 0.3) is 0 Å². The van der Waals surface area contributed by atoms with E-state index in [4.69, 9.17) is 9.47 Å². The van der Waals surface area contributed by atoms with E-state index in [9.17, 15) is 0 Å². The number of ether oxygens (including phenoxy) is 2. The summed E-state index contributed by atoms with van der Waals surface area (Å²) in [5, 5.41) is 3.51. The van der Waals surface area contributed by atoms with Crippen molar-refractivity contribution in [3.8, 4) is 11.5 Å². The Balaban J connectivity index is 1.61. The molecule has 1 saturated heterocycles. The van der Waals surface area contributed by atoms with Gasteiger partial charge < -0.3 is 14.8 Å². The predicted octanol–water partition coefficient (Wildman–Crippen LogP) is 2.56. The molecule has 2 atom stereocenters. The number of piperazine rings is 1. The number of fused-ring (bicyclic) bond motifs is 1. The molecule has 132 valence electrons. The molecule has 0 bridgehead atoms. The smallest absolute Gasteiger partial charge is 0.123 e. The molecule has 0 aliphatic carbocycles. The van der Waals surface area contributed by atoms with E-state index >= 15 is 0 Å². The first-order valence-corrected chi connectivity index (χ1v) is 8.95. The molecule has 3 heterocycles. The summed E-state index contributed by atoms with van der Waals surface area (Å²) in [5.74, 6) is 1.97. The highest BCUT2D eigenvalue weighted by Gasteiger charge is 2.27. The molecule has 0 saturated carbocycles. The maximum atomic E-state index is 5.95. The van der Waals surface area contributed by atoms with Crippen LogP contribution >= 0.6 is 0 Å². The Hall–Kier alpha value is -2.11. The largest absolute Gasteiger partial charge is 0.496 e. The summed E-state index contributed by atoms with van der Waals surface area (Å²) < 4.78 is 11.6. The predicted molar refractivity (Wildman–Crippen MR) is 97.0 cm³/mol. The normalized spacial score (nSPS) is 23.1. The van der Waals surface area contributed by atoms with Gasteiger partial charge in [0, 0.05) is 62.2 Å². The van der Waals surface area contributed by atoms with Crippen LogP contribution in [0.1, 0.15) is 29.7 Å². The van der Waals surface area contributed by atoms with Crippen LogP contribution in [0.4, 0.5) is 0 Å². The number of nitrogens with zero attached hydrogens (tertiary/aromatic N) is 2. The van der Waals surface area contributed by atoms with E-state index in [1.807, 2.05) is 12.4 Å². The average molecular weight is 339 g/mol. The lowest BCUT2D eigenvalue weighted by atomic mass is 10.0. The molecule has 1 aromatic carbocycles. The highest BCUT2D eigenvalue weighted by molar-refractivity contribution is 5.48. The molecule has 0 amide bonds. The van der Waals surface area contributed by atoms with Gasteiger partial charge in [-0.1, -0.05) is 0 Å². The molecular formula is C20H25N3O2. The second-order valence-electron chi connectivity index (χ2n) is 6.88. The van der Waals surface area contributed by atoms with E-state index in [1.165, 1.54) is 16.7 Å². The molecule has 5 nitrogen and oxygen atoms in total. The van der Waals surface area contributed by atoms with Gasteiger partial charge in [-0.2, -0.15) is 0 Å². The van der Waals surface area contributed by atoms with Gasteiger partial charge in [0.15, 0.2) is 0 Å². The molecule has 1 N–H and O–H groups in total. The zero-order valence-corrected chi connectivity index (χ0v) is 14.9. The molecule has 2 aliphatic rings. The zero-order valence-electron chi connectivity index (χ0n) is 14.9. The molecule has 25 heavy (non-hydrogen) atoms. The van der Waals surface area contributed by atoms with Gasteiger partial charge in [-0.25, -0.2) is 0 Å². The summed E-state index contributed by atoms with van der Waals surface area (Å²) in [5.41, 5.74) is 3.74. The lowest BCUT2D eigenvalue weighted by Gasteiger charge is -2.36. The van der Waals surface area contributed by atoms with Crippen LogP contribution in [0, 0.1) is 0 Å². The second kappa shape index (κ2) is 7.02. The minimum atomic E-state index is 0.249. The number of benzene rings is 1. The molecule has 1 aromatic heterocycles. The number of nitrogens with one attached hydrogen (secondary N) is 1. The van der Waals surface area contributed by atoms with Crippen LogP contribution in [0.5, 0.6) is 11.5 Å². The first-order chi connectivity index (χ1) is 12.2. The first kappa shape index (κ1) is 16.4. The monoisotopic (exact) mass is 339 g/mol. The van der Waals surface area contributed by atoms with Crippen molar-refractivity contribution in [1.29, 1.82) is 0 Å². The minimum absolute atomic E-state index is 0.249. The lowest BCUT2D eigenvalue weighted by Crippen LogP contribution is -2.45. The molecule has 4 rings (SSSR count). The first-order valence-electron chi connectivity index (χ1n) is 8.95. The van der Waals surface area contributed by atoms with E-state index in [0.29, 0.717) is 6.04 Å². The van der Waals surface area contributed by atoms with Crippen molar-refractivity contribution in [3.05, 3.63) is 53.3 Å². The highest BCUT2D eigenvalue weighted by Crippen LogP contribution is 2.36. The zero-order chi connectivity index (χ0) is 17.2. The quantitative estimate of drug-likeness (QED) is 0.928. The van der Waals surface area contributed by atoms with E-state index in [1.54, 1.807) is 7.11 Å². The van der Waals surface area contributed by atoms with E-state index in [-0.39, 0.29) is 6.10 Å². The number of pyridine rings is 1. The fourth-order valence-electron chi connectivity index (χ4n) is 3.86. The summed E-state index contributed by atoms with van der Waals surface area (Å²) >= 11 is 0. The number of rotatable bonds is 4. The summed E-state index contributed by atoms with van der Waals surface area (Å²) in [6, 6.07) is 8.88. The van der Waals surface area contributed by atoms with Crippen LogP contribution in [-0.4, -0.2) is 42.7 Å². The number of methoxy groups -OCH3 is 1. The fourth-order valence-corrected chi connectivity index (χ4v) is 3.86. The Labute approximate surface area is 149 Å². The standard InChI is InChI=1S/C20H25N3O2/c1-14-9-16-10-19(24-2)17(11-20(16)25-14)13-23-8-7-22-12-18(23)15-3-5-21-6-4-15/h3-6,10-11,14,18,22H,7-9,12-13H2,1-2H3. The summed E-state index contributed by atoms with van der Waals surface area (Å²) in [7, 11) is 1.75. The Kier molecular flexibility index (Phi) is 4.59. The van der Waals surface area contributed by atoms with Crippen LogP contribution in [0.3, 0.4) is 0 Å². The van der Waals surface area contributed by atoms with Gasteiger partial charge >= 0.3 is 0 Å². The van der Waals surface area contributed by atoms with Gasteiger partial charge in [-0.3, -0.25) is 9.88 Å².